The van der Waals surface area contributed by atoms with Crippen molar-refractivity contribution in [3.63, 3.8) is 0 Å². The van der Waals surface area contributed by atoms with Gasteiger partial charge in [0.15, 0.2) is 4.32 Å². The van der Waals surface area contributed by atoms with Gasteiger partial charge >= 0.3 is 0 Å². The molecule has 0 N–H and O–H groups in total. The van der Waals surface area contributed by atoms with Crippen molar-refractivity contribution in [1.29, 1.82) is 0 Å². The Bertz CT molecular complexity index is 1430. The third-order valence-corrected chi connectivity index (χ3v) is 8.14. The van der Waals surface area contributed by atoms with Crippen LogP contribution in [0.3, 0.4) is 0 Å². The Hall–Kier alpha value is -3.19. The van der Waals surface area contributed by atoms with Crippen molar-refractivity contribution in [3.8, 4) is 17.2 Å². The highest BCUT2D eigenvalue weighted by Crippen LogP contribution is 2.37. The first-order valence-electron chi connectivity index (χ1n) is 13.3. The fourth-order valence-corrected chi connectivity index (χ4v) is 5.79. The lowest BCUT2D eigenvalue weighted by Gasteiger charge is -2.32. The van der Waals surface area contributed by atoms with E-state index in [1.54, 1.807) is 30.3 Å². The van der Waals surface area contributed by atoms with Gasteiger partial charge in [0.25, 0.3) is 11.6 Å². The summed E-state index contributed by atoms with van der Waals surface area (Å²) in [5.41, 5.74) is 1.52. The molecule has 0 aromatic heterocycles. The molecule has 3 aromatic rings. The summed E-state index contributed by atoms with van der Waals surface area (Å²) in [4.78, 5) is 30.5. The quantitative estimate of drug-likeness (QED) is 0.0778. The molecule has 1 amide bonds. The first-order chi connectivity index (χ1) is 19.9. The Morgan fingerprint density at radius 3 is 2.09 bits per heavy atom. The van der Waals surface area contributed by atoms with Gasteiger partial charge in [-0.05, 0) is 73.6 Å². The molecule has 0 spiro atoms. The molecule has 2 aliphatic heterocycles. The van der Waals surface area contributed by atoms with E-state index in [9.17, 15) is 14.9 Å². The number of nitro groups is 1. The summed E-state index contributed by atoms with van der Waals surface area (Å²) in [6.07, 6.45) is 2.77. The molecule has 43 heavy (non-hydrogen) atoms. The first-order valence-corrected chi connectivity index (χ1v) is 14.5. The lowest BCUT2D eigenvalue weighted by molar-refractivity contribution is -0.384. The number of rotatable bonds is 10. The van der Waals surface area contributed by atoms with Crippen molar-refractivity contribution in [2.75, 3.05) is 51.3 Å². The molecule has 2 fully saturated rings. The number of carbonyl (C=O) groups excluding carboxylic acids is 1. The minimum Gasteiger partial charge on any atom is -0.494 e. The summed E-state index contributed by atoms with van der Waals surface area (Å²) in [5.74, 6) is 1.66. The number of nitro benzene ring substituents is 1. The van der Waals surface area contributed by atoms with Gasteiger partial charge in [-0.3, -0.25) is 19.8 Å². The second kappa shape index (κ2) is 16.0. The molecule has 2 saturated heterocycles. The van der Waals surface area contributed by atoms with Crippen molar-refractivity contribution in [2.24, 2.45) is 0 Å². The average molecular weight is 664 g/mol. The minimum atomic E-state index is -0.456. The van der Waals surface area contributed by atoms with E-state index in [4.69, 9.17) is 21.7 Å². The number of thiocarbonyl (C=S) groups is 1. The molecule has 5 rings (SSSR count). The number of nitrogens with zero attached hydrogens (tertiary/aromatic N) is 4. The van der Waals surface area contributed by atoms with E-state index in [0.29, 0.717) is 33.0 Å². The third kappa shape index (κ3) is 9.15. The molecule has 0 atom stereocenters. The number of benzene rings is 3. The van der Waals surface area contributed by atoms with E-state index in [-0.39, 0.29) is 36.4 Å². The molecule has 9 nitrogen and oxygen atoms in total. The number of carbonyl (C=O) groups is 1. The Labute approximate surface area is 272 Å². The maximum Gasteiger partial charge on any atom is 0.270 e. The summed E-state index contributed by atoms with van der Waals surface area (Å²) < 4.78 is 12.2. The third-order valence-electron chi connectivity index (χ3n) is 6.83. The van der Waals surface area contributed by atoms with Gasteiger partial charge < -0.3 is 19.3 Å². The van der Waals surface area contributed by atoms with Crippen LogP contribution in [0.5, 0.6) is 17.2 Å². The smallest absolute Gasteiger partial charge is 0.270 e. The van der Waals surface area contributed by atoms with Crippen LogP contribution < -0.4 is 14.4 Å². The molecule has 228 valence electrons. The minimum absolute atomic E-state index is 0. The van der Waals surface area contributed by atoms with Crippen LogP contribution in [0.15, 0.2) is 77.7 Å². The number of piperazine rings is 1. The molecule has 2 aliphatic rings. The van der Waals surface area contributed by atoms with Crippen LogP contribution in [0.4, 0.5) is 11.4 Å². The lowest BCUT2D eigenvalue weighted by Crippen LogP contribution is -2.44. The standard InChI is InChI=1S/C30H30N4O5S2.2ClH/c1-31-16-18-32(19-17-31)15-2-20-38-25-11-5-23(6-12-25)33-29(35)28(41-30(33)40)21-22-3-9-26(10-4-22)39-27-13-7-24(8-14-27)34(36)37;;/h3-14,21H,2,15-20H2,1H3;2*1H/b28-21-;;. The predicted molar refractivity (Wildman–Crippen MR) is 180 cm³/mol. The number of hydrogen-bond donors (Lipinski definition) is 0. The van der Waals surface area contributed by atoms with Crippen LogP contribution in [0.25, 0.3) is 6.08 Å². The van der Waals surface area contributed by atoms with Crippen molar-refractivity contribution in [3.05, 3.63) is 93.4 Å². The fourth-order valence-electron chi connectivity index (χ4n) is 4.49. The highest BCUT2D eigenvalue weighted by Gasteiger charge is 2.33. The molecular formula is C30H32Cl2N4O5S2. The van der Waals surface area contributed by atoms with Gasteiger partial charge in [0, 0.05) is 44.9 Å². The molecule has 0 aliphatic carbocycles. The van der Waals surface area contributed by atoms with Crippen LogP contribution in [0, 0.1) is 10.1 Å². The molecule has 0 unspecified atom stereocenters. The number of thioether (sulfide) groups is 1. The molecule has 0 bridgehead atoms. The van der Waals surface area contributed by atoms with E-state index in [1.807, 2.05) is 36.4 Å². The van der Waals surface area contributed by atoms with Crippen LogP contribution >= 0.6 is 48.8 Å². The average Bonchev–Trinajstić information content (AvgIpc) is 3.25. The molecule has 0 radical (unpaired) electrons. The first kappa shape index (κ1) is 34.3. The Kier molecular flexibility index (Phi) is 12.8. The number of non-ortho nitro benzene ring substituents is 1. The molecule has 0 saturated carbocycles. The lowest BCUT2D eigenvalue weighted by atomic mass is 10.2. The van der Waals surface area contributed by atoms with Gasteiger partial charge in [0.1, 0.15) is 17.2 Å². The summed E-state index contributed by atoms with van der Waals surface area (Å²) >= 11 is 6.79. The van der Waals surface area contributed by atoms with Crippen molar-refractivity contribution in [2.45, 2.75) is 6.42 Å². The largest absolute Gasteiger partial charge is 0.494 e. The van der Waals surface area contributed by atoms with Crippen LogP contribution in [-0.4, -0.2) is 71.3 Å². The Morgan fingerprint density at radius 2 is 1.49 bits per heavy atom. The monoisotopic (exact) mass is 662 g/mol. The van der Waals surface area contributed by atoms with E-state index < -0.39 is 4.92 Å². The van der Waals surface area contributed by atoms with E-state index in [1.165, 1.54) is 28.8 Å². The molecule has 13 heteroatoms. The fraction of sp³-hybridized carbons (Fsp3) is 0.267. The van der Waals surface area contributed by atoms with Gasteiger partial charge in [-0.15, -0.1) is 24.8 Å². The van der Waals surface area contributed by atoms with Crippen molar-refractivity contribution in [1.82, 2.24) is 9.80 Å². The summed E-state index contributed by atoms with van der Waals surface area (Å²) in [6.45, 7) is 6.11. The Morgan fingerprint density at radius 1 is 0.907 bits per heavy atom. The zero-order valence-corrected chi connectivity index (χ0v) is 26.7. The van der Waals surface area contributed by atoms with Crippen molar-refractivity contribution >= 4 is 76.5 Å². The van der Waals surface area contributed by atoms with E-state index in [2.05, 4.69) is 16.8 Å². The number of likely N-dealkylation sites (N-methyl/N-ethyl adjacent to an activating group) is 1. The van der Waals surface area contributed by atoms with Gasteiger partial charge in [0.05, 0.1) is 22.1 Å². The van der Waals surface area contributed by atoms with E-state index >= 15 is 0 Å². The summed E-state index contributed by atoms with van der Waals surface area (Å²) in [6, 6.07) is 20.6. The normalized spacial score (nSPS) is 16.5. The van der Waals surface area contributed by atoms with Gasteiger partial charge in [0.2, 0.25) is 0 Å². The SMILES string of the molecule is CN1CCN(CCCOc2ccc(N3C(=O)/C(=C/c4ccc(Oc5ccc([N+](=O)[O-])cc5)cc4)SC3=S)cc2)CC1.Cl.Cl. The number of ether oxygens (including phenoxy) is 2. The maximum absolute atomic E-state index is 13.2. The second-order valence-electron chi connectivity index (χ2n) is 9.78. The summed E-state index contributed by atoms with van der Waals surface area (Å²) in [5, 5.41) is 10.8. The number of amides is 1. The number of anilines is 1. The van der Waals surface area contributed by atoms with Crippen molar-refractivity contribution < 1.29 is 19.2 Å². The van der Waals surface area contributed by atoms with Gasteiger partial charge in [-0.1, -0.05) is 36.1 Å². The highest BCUT2D eigenvalue weighted by atomic mass is 35.5. The zero-order valence-electron chi connectivity index (χ0n) is 23.4. The topological polar surface area (TPSA) is 88.4 Å². The van der Waals surface area contributed by atoms with Crippen LogP contribution in [0.1, 0.15) is 12.0 Å². The van der Waals surface area contributed by atoms with Gasteiger partial charge in [-0.25, -0.2) is 0 Å². The number of hydrogen-bond acceptors (Lipinski definition) is 9. The molecule has 3 aromatic carbocycles. The van der Waals surface area contributed by atoms with Crippen LogP contribution in [0.2, 0.25) is 0 Å². The molecule has 2 heterocycles. The Balaban J connectivity index is 0.00000253. The number of halogens is 2. The summed E-state index contributed by atoms with van der Waals surface area (Å²) in [7, 11) is 2.16. The van der Waals surface area contributed by atoms with Gasteiger partial charge in [-0.2, -0.15) is 0 Å². The van der Waals surface area contributed by atoms with E-state index in [0.717, 1.165) is 50.5 Å². The zero-order chi connectivity index (χ0) is 28.8. The highest BCUT2D eigenvalue weighted by molar-refractivity contribution is 8.27. The predicted octanol–water partition coefficient (Wildman–Crippen LogP) is 6.65. The van der Waals surface area contributed by atoms with Crippen LogP contribution in [-0.2, 0) is 4.79 Å². The second-order valence-corrected chi connectivity index (χ2v) is 11.5. The molecular weight excluding hydrogens is 631 g/mol. The maximum atomic E-state index is 13.2.